The summed E-state index contributed by atoms with van der Waals surface area (Å²) in [7, 11) is -4.65. The van der Waals surface area contributed by atoms with Crippen molar-refractivity contribution in [2.75, 3.05) is 6.61 Å². The normalized spacial score (nSPS) is 46.6. The molecule has 1 aliphatic heterocycles. The Morgan fingerprint density at radius 1 is 0.920 bits per heavy atom. The first kappa shape index (κ1) is 46.0. The second-order valence-corrected chi connectivity index (χ2v) is 19.0. The topological polar surface area (TPSA) is 186 Å². The van der Waals surface area contributed by atoms with Crippen LogP contribution in [0.25, 0.3) is 0 Å². The third-order valence-electron chi connectivity index (χ3n) is 14.8. The Balaban J connectivity index is 0.00000338. The molecular formula is C36H63CaMgO11P+4. The van der Waals surface area contributed by atoms with Gasteiger partial charge in [-0.15, -0.1) is 0 Å². The monoisotopic (exact) mass is 766 g/mol. The fourth-order valence-corrected chi connectivity index (χ4v) is 12.9. The molecule has 11 nitrogen and oxygen atoms in total. The molecule has 5 rings (SSSR count). The van der Waals surface area contributed by atoms with Crippen LogP contribution < -0.4 is 0 Å². The fraction of sp³-hybridized carbons (Fsp3) is 0.944. The molecule has 1 saturated heterocycles. The molecule has 0 amide bonds. The standard InChI is InChI=1S/C36H63O11P.Ca.Mg/c1-20(2)10-9-14-36(8,46-31-30(41)29(40)28(39)23(19-37)45-31)21-11-16-35(7)27(21)22(38)18-25-33(5)15-13-26(47-48(42,43)44)32(3,4)24(33)12-17-34(25,35)6;;/h10,21-31,37-41H,9,11-19H2,1-8H3,(H2,42,43,44);;/q;2*+2/t21?,22-,23-,24?,25?,26+,27?,28-,29+,30-,31+,33+,34-,35-,36+;;/m1../s1. The average Bonchev–Trinajstić information content (AvgIpc) is 3.36. The Morgan fingerprint density at radius 3 is 2.12 bits per heavy atom. The van der Waals surface area contributed by atoms with Crippen molar-refractivity contribution in [3.05, 3.63) is 11.6 Å². The van der Waals surface area contributed by atoms with Crippen molar-refractivity contribution in [2.45, 2.75) is 162 Å². The van der Waals surface area contributed by atoms with Crippen molar-refractivity contribution in [3.63, 3.8) is 0 Å². The van der Waals surface area contributed by atoms with Crippen molar-refractivity contribution in [3.8, 4) is 0 Å². The molecule has 15 atom stereocenters. The van der Waals surface area contributed by atoms with E-state index in [0.29, 0.717) is 25.7 Å². The zero-order chi connectivity index (χ0) is 35.8. The van der Waals surface area contributed by atoms with Crippen LogP contribution in [0.2, 0.25) is 0 Å². The van der Waals surface area contributed by atoms with Crippen LogP contribution in [0.3, 0.4) is 0 Å². The smallest absolute Gasteiger partial charge is 0.394 e. The van der Waals surface area contributed by atoms with Crippen molar-refractivity contribution < 1.29 is 53.9 Å². The van der Waals surface area contributed by atoms with Crippen LogP contribution in [0.1, 0.15) is 113 Å². The van der Waals surface area contributed by atoms with Gasteiger partial charge in [0.2, 0.25) is 0 Å². The van der Waals surface area contributed by atoms with Crippen LogP contribution in [-0.4, -0.2) is 151 Å². The third kappa shape index (κ3) is 7.92. The molecule has 1 heterocycles. The number of aliphatic hydroxyl groups excluding tert-OH is 5. The van der Waals surface area contributed by atoms with E-state index in [1.54, 1.807) is 0 Å². The molecule has 50 heavy (non-hydrogen) atoms. The molecule has 4 aliphatic carbocycles. The van der Waals surface area contributed by atoms with Crippen molar-refractivity contribution >= 4 is 68.6 Å². The molecule has 0 spiro atoms. The van der Waals surface area contributed by atoms with Gasteiger partial charge in [-0.2, -0.15) is 0 Å². The van der Waals surface area contributed by atoms with E-state index < -0.39 is 68.4 Å². The Bertz CT molecular complexity index is 1260. The molecule has 0 bridgehead atoms. The van der Waals surface area contributed by atoms with Gasteiger partial charge in [0.1, 0.15) is 24.4 Å². The Morgan fingerprint density at radius 2 is 1.54 bits per heavy atom. The van der Waals surface area contributed by atoms with Crippen LogP contribution in [-0.2, 0) is 18.6 Å². The van der Waals surface area contributed by atoms with Crippen LogP contribution in [0, 0.1) is 45.3 Å². The Hall–Kier alpha value is 1.60. The number of fused-ring (bicyclic) bond motifs is 5. The van der Waals surface area contributed by atoms with E-state index in [1.807, 2.05) is 20.8 Å². The molecule has 278 valence electrons. The van der Waals surface area contributed by atoms with Crippen LogP contribution >= 0.6 is 7.82 Å². The van der Waals surface area contributed by atoms with Crippen molar-refractivity contribution in [1.29, 1.82) is 0 Å². The van der Waals surface area contributed by atoms with Crippen LogP contribution in [0.15, 0.2) is 11.6 Å². The largest absolute Gasteiger partial charge is 2.00 e. The molecule has 4 saturated carbocycles. The third-order valence-corrected chi connectivity index (χ3v) is 15.3. The summed E-state index contributed by atoms with van der Waals surface area (Å²) >= 11 is 0. The van der Waals surface area contributed by atoms with Gasteiger partial charge in [-0.1, -0.05) is 46.3 Å². The zero-order valence-electron chi connectivity index (χ0n) is 31.6. The van der Waals surface area contributed by atoms with E-state index in [4.69, 9.17) is 14.0 Å². The number of hydrogen-bond acceptors (Lipinski definition) is 9. The quantitative estimate of drug-likeness (QED) is 0.103. The van der Waals surface area contributed by atoms with Crippen LogP contribution in [0.4, 0.5) is 0 Å². The predicted octanol–water partition coefficient (Wildman–Crippen LogP) is 3.68. The minimum Gasteiger partial charge on any atom is -0.394 e. The molecule has 7 N–H and O–H groups in total. The van der Waals surface area contributed by atoms with Gasteiger partial charge >= 0.3 is 68.6 Å². The first-order valence-electron chi connectivity index (χ1n) is 18.1. The number of aliphatic hydroxyl groups is 5. The molecule has 0 aromatic carbocycles. The fourth-order valence-electron chi connectivity index (χ4n) is 12.2. The number of phosphoric ester groups is 1. The number of hydrogen-bond donors (Lipinski definition) is 7. The van der Waals surface area contributed by atoms with Gasteiger partial charge in [0.15, 0.2) is 6.29 Å². The summed E-state index contributed by atoms with van der Waals surface area (Å²) in [4.78, 5) is 19.4. The molecule has 5 aliphatic rings. The molecule has 0 aromatic rings. The van der Waals surface area contributed by atoms with Crippen molar-refractivity contribution in [1.82, 2.24) is 0 Å². The second kappa shape index (κ2) is 16.2. The van der Waals surface area contributed by atoms with Gasteiger partial charge in [-0.05, 0) is 124 Å². The van der Waals surface area contributed by atoms with Crippen LogP contribution in [0.5, 0.6) is 0 Å². The predicted molar refractivity (Wildman–Crippen MR) is 191 cm³/mol. The average molecular weight is 767 g/mol. The summed E-state index contributed by atoms with van der Waals surface area (Å²) in [6, 6.07) is 0. The number of phosphoric acid groups is 1. The maximum Gasteiger partial charge on any atom is 2.00 e. The maximum absolute atomic E-state index is 12.3. The van der Waals surface area contributed by atoms with E-state index in [0.717, 1.165) is 32.1 Å². The number of ether oxygens (including phenoxy) is 2. The van der Waals surface area contributed by atoms with E-state index >= 15 is 0 Å². The molecule has 0 aromatic heterocycles. The van der Waals surface area contributed by atoms with E-state index in [2.05, 4.69) is 40.7 Å². The minimum absolute atomic E-state index is 0. The zero-order valence-corrected chi connectivity index (χ0v) is 36.1. The summed E-state index contributed by atoms with van der Waals surface area (Å²) in [5, 5.41) is 54.1. The molecule has 0 radical (unpaired) electrons. The summed E-state index contributed by atoms with van der Waals surface area (Å²) < 4.78 is 29.9. The summed E-state index contributed by atoms with van der Waals surface area (Å²) in [6.07, 6.45) is 0.842. The molecule has 4 unspecified atom stereocenters. The van der Waals surface area contributed by atoms with E-state index in [9.17, 15) is 39.9 Å². The number of rotatable bonds is 9. The second-order valence-electron chi connectivity index (χ2n) is 17.9. The molecular weight excluding hydrogens is 704 g/mol. The first-order chi connectivity index (χ1) is 22.1. The SMILES string of the molecule is CC(C)=CCC[C@](C)(O[C@@H]1O[C@H](CO)[C@@H](O)[C@H](O)[C@H]1O)C1CC[C@]2(C)C1[C@H](O)CC1[C@@]3(C)CC[C@H](OP(=O)(O)O)C(C)(C)C3CC[C@]12C.[Ca+2].[Mg+2]. The van der Waals surface area contributed by atoms with Crippen molar-refractivity contribution in [2.24, 2.45) is 45.3 Å². The van der Waals surface area contributed by atoms with Gasteiger partial charge in [0, 0.05) is 0 Å². The minimum atomic E-state index is -4.65. The Kier molecular flexibility index (Phi) is 14.9. The summed E-state index contributed by atoms with van der Waals surface area (Å²) in [5.41, 5.74) is -0.672. The van der Waals surface area contributed by atoms with E-state index in [1.165, 1.54) is 5.57 Å². The van der Waals surface area contributed by atoms with E-state index in [-0.39, 0.29) is 101 Å². The summed E-state index contributed by atoms with van der Waals surface area (Å²) in [6.45, 7) is 16.8. The van der Waals surface area contributed by atoms with Gasteiger partial charge in [0.05, 0.1) is 24.4 Å². The first-order valence-corrected chi connectivity index (χ1v) is 19.6. The Labute approximate surface area is 345 Å². The number of allylic oxidation sites excluding steroid dienone is 2. The summed E-state index contributed by atoms with van der Waals surface area (Å²) in [5.74, 6) is 0.157. The maximum atomic E-state index is 12.3. The van der Waals surface area contributed by atoms with Gasteiger partial charge in [0.25, 0.3) is 0 Å². The molecule has 5 fully saturated rings. The molecule has 14 heteroatoms. The van der Waals surface area contributed by atoms with Gasteiger partial charge in [-0.25, -0.2) is 4.57 Å². The van der Waals surface area contributed by atoms with Gasteiger partial charge < -0.3 is 44.8 Å². The van der Waals surface area contributed by atoms with Gasteiger partial charge in [-0.3, -0.25) is 4.52 Å².